The van der Waals surface area contributed by atoms with Gasteiger partial charge >= 0.3 is 0 Å². The predicted octanol–water partition coefficient (Wildman–Crippen LogP) is 7.34. The van der Waals surface area contributed by atoms with Gasteiger partial charge in [-0.2, -0.15) is 0 Å². The van der Waals surface area contributed by atoms with Gasteiger partial charge in [0.25, 0.3) is 0 Å². The van der Waals surface area contributed by atoms with Crippen molar-refractivity contribution in [1.29, 1.82) is 0 Å². The van der Waals surface area contributed by atoms with Gasteiger partial charge < -0.3 is 5.32 Å². The number of ketones is 1. The second kappa shape index (κ2) is 12.9. The number of halogens is 1. The van der Waals surface area contributed by atoms with Crippen molar-refractivity contribution in [3.8, 4) is 0 Å². The first-order valence-corrected chi connectivity index (χ1v) is 11.9. The topological polar surface area (TPSA) is 29.1 Å². The van der Waals surface area contributed by atoms with Crippen molar-refractivity contribution >= 4 is 17.4 Å². The minimum Gasteiger partial charge on any atom is -0.303 e. The molecule has 2 atom stereocenters. The zero-order valence-electron chi connectivity index (χ0n) is 19.1. The summed E-state index contributed by atoms with van der Waals surface area (Å²) >= 11 is 6.05. The lowest BCUT2D eigenvalue weighted by Gasteiger charge is -2.23. The number of rotatable bonds is 13. The number of nitrogens with one attached hydrogen (secondary N) is 1. The number of benzene rings is 2. The summed E-state index contributed by atoms with van der Waals surface area (Å²) in [5.74, 6) is 1.13. The van der Waals surface area contributed by atoms with Crippen LogP contribution in [0.15, 0.2) is 48.5 Å². The molecule has 2 aromatic carbocycles. The molecule has 0 spiro atoms. The Bertz CT molecular complexity index is 769. The number of hydrogen-bond acceptors (Lipinski definition) is 2. The standard InChI is InChI=1S/C27H38ClNO/c1-5-10-22(23-15-17-25(28)18-16-23)13-9-14-26(30)27(20(3)4)29-19-24-12-8-7-11-21(24)6-2/h7-8,11-12,15-18,20,22,27,29H,5-6,9-10,13-14,19H2,1-4H3. The molecule has 0 aliphatic rings. The second-order valence-corrected chi connectivity index (χ2v) is 9.06. The maximum atomic E-state index is 13.0. The number of Topliss-reactive ketones (excluding diaryl/α,β-unsaturated/α-hetero) is 1. The van der Waals surface area contributed by atoms with Crippen LogP contribution in [0.4, 0.5) is 0 Å². The highest BCUT2D eigenvalue weighted by atomic mass is 35.5. The Morgan fingerprint density at radius 2 is 1.63 bits per heavy atom. The molecule has 0 aliphatic carbocycles. The quantitative estimate of drug-likeness (QED) is 0.362. The van der Waals surface area contributed by atoms with E-state index in [0.29, 0.717) is 18.1 Å². The van der Waals surface area contributed by atoms with Crippen LogP contribution in [0.2, 0.25) is 5.02 Å². The zero-order valence-corrected chi connectivity index (χ0v) is 19.8. The summed E-state index contributed by atoms with van der Waals surface area (Å²) in [6.07, 6.45) is 5.93. The van der Waals surface area contributed by atoms with Crippen LogP contribution < -0.4 is 5.32 Å². The third kappa shape index (κ3) is 7.56. The first-order chi connectivity index (χ1) is 14.5. The first kappa shape index (κ1) is 24.6. The van der Waals surface area contributed by atoms with Crippen LogP contribution in [-0.4, -0.2) is 11.8 Å². The maximum absolute atomic E-state index is 13.0. The summed E-state index contributed by atoms with van der Waals surface area (Å²) in [6.45, 7) is 9.42. The summed E-state index contributed by atoms with van der Waals surface area (Å²) < 4.78 is 0. The van der Waals surface area contributed by atoms with Crippen molar-refractivity contribution in [2.75, 3.05) is 0 Å². The monoisotopic (exact) mass is 427 g/mol. The van der Waals surface area contributed by atoms with Crippen LogP contribution in [-0.2, 0) is 17.8 Å². The van der Waals surface area contributed by atoms with E-state index in [1.165, 1.54) is 16.7 Å². The molecule has 0 aliphatic heterocycles. The number of hydrogen-bond donors (Lipinski definition) is 1. The Morgan fingerprint density at radius 1 is 0.967 bits per heavy atom. The van der Waals surface area contributed by atoms with E-state index in [0.717, 1.165) is 43.7 Å². The van der Waals surface area contributed by atoms with Crippen LogP contribution in [0.1, 0.15) is 82.4 Å². The SMILES string of the molecule is CCCC(CCCC(=O)C(NCc1ccccc1CC)C(C)C)c1ccc(Cl)cc1. The van der Waals surface area contributed by atoms with Gasteiger partial charge in [-0.25, -0.2) is 0 Å². The Kier molecular flexibility index (Phi) is 10.6. The molecule has 0 aromatic heterocycles. The fraction of sp³-hybridized carbons (Fsp3) is 0.519. The number of carbonyl (C=O) groups excluding carboxylic acids is 1. The fourth-order valence-corrected chi connectivity index (χ4v) is 4.38. The van der Waals surface area contributed by atoms with Gasteiger partial charge in [-0.3, -0.25) is 4.79 Å². The largest absolute Gasteiger partial charge is 0.303 e. The van der Waals surface area contributed by atoms with E-state index in [9.17, 15) is 4.79 Å². The molecule has 0 saturated heterocycles. The summed E-state index contributed by atoms with van der Waals surface area (Å²) in [5, 5.41) is 4.32. The van der Waals surface area contributed by atoms with Gasteiger partial charge in [0, 0.05) is 18.0 Å². The Morgan fingerprint density at radius 3 is 2.23 bits per heavy atom. The van der Waals surface area contributed by atoms with Gasteiger partial charge in [-0.1, -0.05) is 82.1 Å². The van der Waals surface area contributed by atoms with Crippen molar-refractivity contribution in [2.24, 2.45) is 5.92 Å². The summed E-state index contributed by atoms with van der Waals surface area (Å²) in [7, 11) is 0. The van der Waals surface area contributed by atoms with E-state index in [-0.39, 0.29) is 12.0 Å². The van der Waals surface area contributed by atoms with E-state index in [1.54, 1.807) is 0 Å². The van der Waals surface area contributed by atoms with E-state index in [4.69, 9.17) is 11.6 Å². The Labute approximate surface area is 188 Å². The number of aryl methyl sites for hydroxylation is 1. The molecule has 2 aromatic rings. The average molecular weight is 428 g/mol. The van der Waals surface area contributed by atoms with Crippen molar-refractivity contribution < 1.29 is 4.79 Å². The smallest absolute Gasteiger partial charge is 0.150 e. The lowest BCUT2D eigenvalue weighted by Crippen LogP contribution is -2.40. The van der Waals surface area contributed by atoms with Gasteiger partial charge in [-0.15, -0.1) is 0 Å². The van der Waals surface area contributed by atoms with Crippen molar-refractivity contribution in [3.05, 3.63) is 70.2 Å². The second-order valence-electron chi connectivity index (χ2n) is 8.62. The van der Waals surface area contributed by atoms with Gasteiger partial charge in [0.1, 0.15) is 5.78 Å². The van der Waals surface area contributed by atoms with Crippen molar-refractivity contribution in [3.63, 3.8) is 0 Å². The molecule has 1 N–H and O–H groups in total. The van der Waals surface area contributed by atoms with E-state index >= 15 is 0 Å². The molecule has 0 bridgehead atoms. The zero-order chi connectivity index (χ0) is 21.9. The summed E-state index contributed by atoms with van der Waals surface area (Å²) in [6, 6.07) is 16.6. The highest BCUT2D eigenvalue weighted by Gasteiger charge is 2.22. The highest BCUT2D eigenvalue weighted by Crippen LogP contribution is 2.28. The van der Waals surface area contributed by atoms with Crippen LogP contribution in [0.25, 0.3) is 0 Å². The third-order valence-corrected chi connectivity index (χ3v) is 6.23. The first-order valence-electron chi connectivity index (χ1n) is 11.5. The maximum Gasteiger partial charge on any atom is 0.150 e. The lowest BCUT2D eigenvalue weighted by atomic mass is 9.88. The fourth-order valence-electron chi connectivity index (χ4n) is 4.26. The summed E-state index contributed by atoms with van der Waals surface area (Å²) in [5.41, 5.74) is 3.98. The molecule has 2 unspecified atom stereocenters. The molecular weight excluding hydrogens is 390 g/mol. The molecule has 0 fully saturated rings. The van der Waals surface area contributed by atoms with Crippen molar-refractivity contribution in [2.45, 2.75) is 84.7 Å². The van der Waals surface area contributed by atoms with E-state index < -0.39 is 0 Å². The van der Waals surface area contributed by atoms with Crippen LogP contribution in [0.5, 0.6) is 0 Å². The third-order valence-electron chi connectivity index (χ3n) is 5.98. The Balaban J connectivity index is 1.91. The summed E-state index contributed by atoms with van der Waals surface area (Å²) in [4.78, 5) is 13.0. The molecular formula is C27H38ClNO. The molecule has 3 heteroatoms. The lowest BCUT2D eigenvalue weighted by molar-refractivity contribution is -0.122. The van der Waals surface area contributed by atoms with Gasteiger partial charge in [-0.05, 0) is 66.3 Å². The molecule has 30 heavy (non-hydrogen) atoms. The molecule has 0 heterocycles. The normalized spacial score (nSPS) is 13.4. The minimum atomic E-state index is -0.0879. The molecule has 2 rings (SSSR count). The molecule has 2 nitrogen and oxygen atoms in total. The van der Waals surface area contributed by atoms with Crippen LogP contribution in [0.3, 0.4) is 0 Å². The van der Waals surface area contributed by atoms with E-state index in [2.05, 4.69) is 69.4 Å². The van der Waals surface area contributed by atoms with E-state index in [1.807, 2.05) is 12.1 Å². The molecule has 164 valence electrons. The average Bonchev–Trinajstić information content (AvgIpc) is 2.74. The van der Waals surface area contributed by atoms with Crippen molar-refractivity contribution in [1.82, 2.24) is 5.32 Å². The molecule has 0 radical (unpaired) electrons. The minimum absolute atomic E-state index is 0.0879. The number of carbonyl (C=O) groups is 1. The molecule has 0 amide bonds. The highest BCUT2D eigenvalue weighted by molar-refractivity contribution is 6.30. The molecule has 0 saturated carbocycles. The van der Waals surface area contributed by atoms with Crippen LogP contribution >= 0.6 is 11.6 Å². The van der Waals surface area contributed by atoms with Gasteiger partial charge in [0.05, 0.1) is 6.04 Å². The Hall–Kier alpha value is -1.64. The van der Waals surface area contributed by atoms with Gasteiger partial charge in [0.2, 0.25) is 0 Å². The van der Waals surface area contributed by atoms with Crippen LogP contribution in [0, 0.1) is 5.92 Å². The predicted molar refractivity (Wildman–Crippen MR) is 129 cm³/mol. The van der Waals surface area contributed by atoms with Gasteiger partial charge in [0.15, 0.2) is 0 Å².